The Morgan fingerprint density at radius 3 is 2.78 bits per heavy atom. The SMILES string of the molecule is O=C(NCC1CCc2nc(-c3ccccc3)[nH]c(=O)c2CC1)c1ccoc1. The topological polar surface area (TPSA) is 88.0 Å². The van der Waals surface area contributed by atoms with E-state index in [4.69, 9.17) is 9.40 Å². The zero-order valence-electron chi connectivity index (χ0n) is 14.9. The quantitative estimate of drug-likeness (QED) is 0.698. The highest BCUT2D eigenvalue weighted by Gasteiger charge is 2.21. The molecule has 0 bridgehead atoms. The van der Waals surface area contributed by atoms with Crippen molar-refractivity contribution in [3.63, 3.8) is 0 Å². The minimum absolute atomic E-state index is 0.0538. The van der Waals surface area contributed by atoms with Gasteiger partial charge in [0.2, 0.25) is 0 Å². The minimum atomic E-state index is -0.132. The van der Waals surface area contributed by atoms with Gasteiger partial charge >= 0.3 is 0 Å². The number of hydrogen-bond acceptors (Lipinski definition) is 4. The molecule has 0 aliphatic heterocycles. The summed E-state index contributed by atoms with van der Waals surface area (Å²) in [5.41, 5.74) is 3.03. The lowest BCUT2D eigenvalue weighted by Gasteiger charge is -2.14. The molecule has 2 N–H and O–H groups in total. The summed E-state index contributed by atoms with van der Waals surface area (Å²) in [5, 5.41) is 2.96. The van der Waals surface area contributed by atoms with E-state index in [0.29, 0.717) is 30.3 Å². The maximum absolute atomic E-state index is 12.6. The van der Waals surface area contributed by atoms with Gasteiger partial charge in [0.25, 0.3) is 11.5 Å². The van der Waals surface area contributed by atoms with Crippen LogP contribution < -0.4 is 10.9 Å². The Labute approximate surface area is 156 Å². The Bertz CT molecular complexity index is 978. The van der Waals surface area contributed by atoms with E-state index in [9.17, 15) is 9.59 Å². The van der Waals surface area contributed by atoms with Crippen LogP contribution in [-0.4, -0.2) is 22.4 Å². The monoisotopic (exact) mass is 363 g/mol. The van der Waals surface area contributed by atoms with E-state index in [1.54, 1.807) is 6.07 Å². The third-order valence-corrected chi connectivity index (χ3v) is 5.07. The molecule has 4 rings (SSSR count). The van der Waals surface area contributed by atoms with Crippen molar-refractivity contribution in [2.45, 2.75) is 25.7 Å². The second-order valence-electron chi connectivity index (χ2n) is 6.87. The Hall–Kier alpha value is -3.15. The maximum Gasteiger partial charge on any atom is 0.254 e. The summed E-state index contributed by atoms with van der Waals surface area (Å²) in [4.78, 5) is 32.3. The fraction of sp³-hybridized carbons (Fsp3) is 0.286. The molecule has 0 saturated carbocycles. The van der Waals surface area contributed by atoms with Gasteiger partial charge in [-0.05, 0) is 37.7 Å². The molecule has 27 heavy (non-hydrogen) atoms. The van der Waals surface area contributed by atoms with Gasteiger partial charge < -0.3 is 14.7 Å². The van der Waals surface area contributed by atoms with Crippen molar-refractivity contribution in [2.24, 2.45) is 5.92 Å². The molecule has 1 aliphatic carbocycles. The van der Waals surface area contributed by atoms with Crippen molar-refractivity contribution in [3.8, 4) is 11.4 Å². The predicted molar refractivity (Wildman–Crippen MR) is 101 cm³/mol. The third kappa shape index (κ3) is 3.84. The number of aromatic amines is 1. The van der Waals surface area contributed by atoms with Crippen molar-refractivity contribution >= 4 is 5.91 Å². The number of nitrogens with one attached hydrogen (secondary N) is 2. The van der Waals surface area contributed by atoms with E-state index in [1.807, 2.05) is 30.3 Å². The summed E-state index contributed by atoms with van der Waals surface area (Å²) in [6.45, 7) is 0.585. The average molecular weight is 363 g/mol. The highest BCUT2D eigenvalue weighted by Crippen LogP contribution is 2.23. The molecule has 138 valence electrons. The molecule has 1 amide bonds. The Morgan fingerprint density at radius 2 is 2.00 bits per heavy atom. The third-order valence-electron chi connectivity index (χ3n) is 5.07. The molecule has 6 heteroatoms. The molecular weight excluding hydrogens is 342 g/mol. The Balaban J connectivity index is 1.46. The van der Waals surface area contributed by atoms with Crippen molar-refractivity contribution in [1.29, 1.82) is 0 Å². The van der Waals surface area contributed by atoms with Crippen LogP contribution in [0.4, 0.5) is 0 Å². The first-order valence-electron chi connectivity index (χ1n) is 9.18. The molecular formula is C21H21N3O3. The molecule has 1 unspecified atom stereocenters. The summed E-state index contributed by atoms with van der Waals surface area (Å²) in [6, 6.07) is 11.3. The van der Waals surface area contributed by atoms with E-state index in [2.05, 4.69) is 10.3 Å². The van der Waals surface area contributed by atoms with Crippen LogP contribution in [0.2, 0.25) is 0 Å². The standard InChI is InChI=1S/C21H21N3O3/c25-20(16-10-11-27-13-16)22-12-14-6-8-17-18(9-7-14)23-19(24-21(17)26)15-4-2-1-3-5-15/h1-5,10-11,13-14H,6-9,12H2,(H,22,25)(H,23,24,26). The number of amides is 1. The lowest BCUT2D eigenvalue weighted by Crippen LogP contribution is -2.29. The van der Waals surface area contributed by atoms with E-state index in [1.165, 1.54) is 12.5 Å². The van der Waals surface area contributed by atoms with Crippen LogP contribution in [0.15, 0.2) is 58.1 Å². The van der Waals surface area contributed by atoms with Crippen LogP contribution in [0.3, 0.4) is 0 Å². The number of carbonyl (C=O) groups is 1. The van der Waals surface area contributed by atoms with Gasteiger partial charge in [0.15, 0.2) is 0 Å². The van der Waals surface area contributed by atoms with E-state index >= 15 is 0 Å². The van der Waals surface area contributed by atoms with Crippen molar-refractivity contribution < 1.29 is 9.21 Å². The van der Waals surface area contributed by atoms with Gasteiger partial charge in [0.05, 0.1) is 17.5 Å². The number of fused-ring (bicyclic) bond motifs is 1. The number of benzene rings is 1. The first-order chi connectivity index (χ1) is 13.2. The number of aromatic nitrogens is 2. The lowest BCUT2D eigenvalue weighted by molar-refractivity contribution is 0.0945. The highest BCUT2D eigenvalue weighted by molar-refractivity contribution is 5.93. The molecule has 0 radical (unpaired) electrons. The normalized spacial score (nSPS) is 16.4. The molecule has 2 aromatic heterocycles. The van der Waals surface area contributed by atoms with Crippen LogP contribution in [0, 0.1) is 5.92 Å². The van der Waals surface area contributed by atoms with Gasteiger partial charge in [0, 0.05) is 17.7 Å². The Morgan fingerprint density at radius 1 is 1.19 bits per heavy atom. The maximum atomic E-state index is 12.6. The van der Waals surface area contributed by atoms with E-state index < -0.39 is 0 Å². The van der Waals surface area contributed by atoms with Gasteiger partial charge in [-0.1, -0.05) is 30.3 Å². The summed E-state index contributed by atoms with van der Waals surface area (Å²) in [5.74, 6) is 0.800. The smallest absolute Gasteiger partial charge is 0.254 e. The average Bonchev–Trinajstić information content (AvgIpc) is 3.15. The summed E-state index contributed by atoms with van der Waals surface area (Å²) >= 11 is 0. The summed E-state index contributed by atoms with van der Waals surface area (Å²) in [7, 11) is 0. The van der Waals surface area contributed by atoms with E-state index in [-0.39, 0.29) is 11.5 Å². The number of nitrogens with zero attached hydrogens (tertiary/aromatic N) is 1. The van der Waals surface area contributed by atoms with Crippen LogP contribution in [0.25, 0.3) is 11.4 Å². The van der Waals surface area contributed by atoms with Crippen molar-refractivity contribution in [2.75, 3.05) is 6.54 Å². The van der Waals surface area contributed by atoms with Crippen LogP contribution in [0.1, 0.15) is 34.5 Å². The fourth-order valence-corrected chi connectivity index (χ4v) is 3.51. The van der Waals surface area contributed by atoms with E-state index in [0.717, 1.165) is 36.1 Å². The van der Waals surface area contributed by atoms with Gasteiger partial charge in [-0.2, -0.15) is 0 Å². The Kier molecular flexibility index (Phi) is 4.87. The second-order valence-corrected chi connectivity index (χ2v) is 6.87. The molecule has 1 atom stereocenters. The zero-order chi connectivity index (χ0) is 18.6. The highest BCUT2D eigenvalue weighted by atomic mass is 16.3. The van der Waals surface area contributed by atoms with Crippen LogP contribution in [-0.2, 0) is 12.8 Å². The molecule has 1 aliphatic rings. The van der Waals surface area contributed by atoms with Crippen molar-refractivity contribution in [1.82, 2.24) is 15.3 Å². The summed E-state index contributed by atoms with van der Waals surface area (Å²) < 4.78 is 4.94. The zero-order valence-corrected chi connectivity index (χ0v) is 14.9. The predicted octanol–water partition coefficient (Wildman–Crippen LogP) is 2.95. The van der Waals surface area contributed by atoms with Gasteiger partial charge in [-0.25, -0.2) is 4.98 Å². The molecule has 0 saturated heterocycles. The first kappa shape index (κ1) is 17.3. The number of furan rings is 1. The van der Waals surface area contributed by atoms with Crippen LogP contribution in [0.5, 0.6) is 0 Å². The van der Waals surface area contributed by atoms with Crippen molar-refractivity contribution in [3.05, 3.63) is 76.1 Å². The molecule has 3 aromatic rings. The number of H-pyrrole nitrogens is 1. The molecule has 2 heterocycles. The largest absolute Gasteiger partial charge is 0.472 e. The van der Waals surface area contributed by atoms with Crippen LogP contribution >= 0.6 is 0 Å². The van der Waals surface area contributed by atoms with Gasteiger partial charge in [-0.15, -0.1) is 0 Å². The molecule has 6 nitrogen and oxygen atoms in total. The lowest BCUT2D eigenvalue weighted by atomic mass is 10.00. The molecule has 0 fully saturated rings. The number of hydrogen-bond donors (Lipinski definition) is 2. The fourth-order valence-electron chi connectivity index (χ4n) is 3.51. The summed E-state index contributed by atoms with van der Waals surface area (Å²) in [6.07, 6.45) is 6.09. The first-order valence-corrected chi connectivity index (χ1v) is 9.18. The number of rotatable bonds is 4. The molecule has 1 aromatic carbocycles. The second kappa shape index (κ2) is 7.61. The minimum Gasteiger partial charge on any atom is -0.472 e. The number of aryl methyl sites for hydroxylation is 1. The molecule has 0 spiro atoms. The number of carbonyl (C=O) groups excluding carboxylic acids is 1. The van der Waals surface area contributed by atoms with Gasteiger partial charge in [-0.3, -0.25) is 9.59 Å². The van der Waals surface area contributed by atoms with Gasteiger partial charge in [0.1, 0.15) is 12.1 Å².